The van der Waals surface area contributed by atoms with E-state index in [1.165, 1.54) is 28.4 Å². The average Bonchev–Trinajstić information content (AvgIpc) is 2.07. The highest BCUT2D eigenvalue weighted by Crippen LogP contribution is 2.53. The minimum absolute atomic E-state index is 0. The summed E-state index contributed by atoms with van der Waals surface area (Å²) in [5.74, 6) is 0. The van der Waals surface area contributed by atoms with Gasteiger partial charge in [-0.05, 0) is 0 Å². The fourth-order valence-electron chi connectivity index (χ4n) is 0.337. The number of rotatable bonds is 6. The first kappa shape index (κ1) is 11.7. The normalized spacial score (nSPS) is 11.5. The second kappa shape index (κ2) is 7.32. The van der Waals surface area contributed by atoms with Crippen molar-refractivity contribution in [3.05, 3.63) is 0 Å². The minimum atomic E-state index is -1.33. The molecule has 0 aromatic carbocycles. The zero-order valence-corrected chi connectivity index (χ0v) is 8.72. The van der Waals surface area contributed by atoms with Crippen molar-refractivity contribution in [1.82, 2.24) is 0 Å². The second-order valence-corrected chi connectivity index (χ2v) is 4.27. The van der Waals surface area contributed by atoms with Crippen molar-refractivity contribution in [2.75, 3.05) is 28.4 Å². The molecule has 0 aliphatic rings. The van der Waals surface area contributed by atoms with Crippen LogP contribution in [0.25, 0.3) is 0 Å². The van der Waals surface area contributed by atoms with Crippen LogP contribution in [-0.2, 0) is 22.4 Å². The monoisotopic (exact) mass is 204 g/mol. The molecule has 5 nitrogen and oxygen atoms in total. The van der Waals surface area contributed by atoms with Gasteiger partial charge in [0.15, 0.2) is 0 Å². The summed E-state index contributed by atoms with van der Waals surface area (Å²) in [5.41, 5.74) is 0. The maximum atomic E-state index is 5.09. The molecule has 0 bridgehead atoms. The van der Waals surface area contributed by atoms with Crippen LogP contribution in [0.5, 0.6) is 0 Å². The third-order valence-corrected chi connectivity index (χ3v) is 2.99. The minimum Gasteiger partial charge on any atom is -0.315 e. The van der Waals surface area contributed by atoms with Crippen molar-refractivity contribution in [2.24, 2.45) is 0 Å². The summed E-state index contributed by atoms with van der Waals surface area (Å²) in [5, 5.41) is 0. The van der Waals surface area contributed by atoms with E-state index in [2.05, 4.69) is 0 Å². The largest absolute Gasteiger partial charge is 1.00 e. The van der Waals surface area contributed by atoms with Crippen LogP contribution in [-0.4, -0.2) is 28.4 Å². The van der Waals surface area contributed by atoms with Gasteiger partial charge in [0.1, 0.15) is 0 Å². The predicted molar refractivity (Wildman–Crippen MR) is 45.2 cm³/mol. The lowest BCUT2D eigenvalue weighted by Gasteiger charge is -2.15. The van der Waals surface area contributed by atoms with Gasteiger partial charge in [-0.2, -0.15) is 0 Å². The van der Waals surface area contributed by atoms with Crippen LogP contribution in [0.3, 0.4) is 0 Å². The van der Waals surface area contributed by atoms with Gasteiger partial charge in [-0.25, -0.2) is 4.31 Å². The zero-order chi connectivity index (χ0) is 8.69. The maximum Gasteiger partial charge on any atom is 1.00 e. The number of hydrogen-bond donors (Lipinski definition) is 0. The zero-order valence-electron chi connectivity index (χ0n) is 8.94. The third kappa shape index (κ3) is 4.99. The molecule has 11 heavy (non-hydrogen) atoms. The van der Waals surface area contributed by atoms with Crippen LogP contribution in [0.4, 0.5) is 0 Å². The van der Waals surface area contributed by atoms with E-state index in [1.54, 1.807) is 0 Å². The summed E-state index contributed by atoms with van der Waals surface area (Å²) in [6, 6.07) is 0. The van der Waals surface area contributed by atoms with Gasteiger partial charge in [0, 0.05) is 28.4 Å². The van der Waals surface area contributed by atoms with Crippen LogP contribution in [0.2, 0.25) is 0 Å². The molecule has 0 rings (SSSR count). The molecule has 0 aromatic rings. The predicted octanol–water partition coefficient (Wildman–Crippen LogP) is 2.27. The summed E-state index contributed by atoms with van der Waals surface area (Å²) in [6.07, 6.45) is 0. The summed E-state index contributed by atoms with van der Waals surface area (Å²) >= 11 is 0. The van der Waals surface area contributed by atoms with Crippen molar-refractivity contribution in [3.63, 3.8) is 0 Å². The molecule has 7 heteroatoms. The highest BCUT2D eigenvalue weighted by Gasteiger charge is 2.17. The van der Waals surface area contributed by atoms with Gasteiger partial charge in [-0.1, -0.05) is 0 Å². The van der Waals surface area contributed by atoms with Gasteiger partial charge in [-0.15, -0.1) is 0 Å². The lowest BCUT2D eigenvalue weighted by Crippen LogP contribution is -1.88. The standard InChI is InChI=1S/C4H12O5P2/c1-5-10(6-2)9-11(7-3)8-4/h1-4H3/p+2. The highest BCUT2D eigenvalue weighted by molar-refractivity contribution is 7.55. The molecular weight excluding hydrogens is 190 g/mol. The molecule has 0 aliphatic carbocycles. The Morgan fingerprint density at radius 3 is 1.18 bits per heavy atom. The van der Waals surface area contributed by atoms with E-state index >= 15 is 0 Å². The lowest BCUT2D eigenvalue weighted by molar-refractivity contribution is 0.231. The Morgan fingerprint density at radius 2 is 1.00 bits per heavy atom. The van der Waals surface area contributed by atoms with Gasteiger partial charge < -0.3 is 18.1 Å². The molecule has 0 aliphatic heterocycles. The van der Waals surface area contributed by atoms with Crippen LogP contribution in [0.1, 0.15) is 2.85 Å². The second-order valence-electron chi connectivity index (χ2n) is 1.26. The van der Waals surface area contributed by atoms with Crippen LogP contribution >= 0.6 is 17.2 Å². The Balaban J connectivity index is -0.000000500. The Morgan fingerprint density at radius 1 is 0.727 bits per heavy atom. The van der Waals surface area contributed by atoms with Gasteiger partial charge in [0.25, 0.3) is 0 Å². The van der Waals surface area contributed by atoms with E-state index in [1.807, 2.05) is 0 Å². The summed E-state index contributed by atoms with van der Waals surface area (Å²) in [6.45, 7) is 0. The lowest BCUT2D eigenvalue weighted by atomic mass is 11.8. The summed E-state index contributed by atoms with van der Waals surface area (Å²) in [7, 11) is 3.32. The SMILES string of the molecule is COP(OC)OP(OC)OC.[H+].[H+]. The molecule has 0 atom stereocenters. The van der Waals surface area contributed by atoms with Crippen molar-refractivity contribution in [2.45, 2.75) is 0 Å². The molecule has 0 unspecified atom stereocenters. The fourth-order valence-corrected chi connectivity index (χ4v) is 2.14. The van der Waals surface area contributed by atoms with Crippen LogP contribution < -0.4 is 0 Å². The quantitative estimate of drug-likeness (QED) is 0.621. The molecule has 0 fully saturated rings. The number of hydrogen-bond acceptors (Lipinski definition) is 5. The fraction of sp³-hybridized carbons (Fsp3) is 1.00. The Hall–Kier alpha value is 0.660. The molecule has 0 spiro atoms. The maximum absolute atomic E-state index is 5.09. The van der Waals surface area contributed by atoms with E-state index in [0.29, 0.717) is 0 Å². The highest BCUT2D eigenvalue weighted by atomic mass is 31.2. The smallest absolute Gasteiger partial charge is 0.315 e. The Bertz CT molecular complexity index is 82.6. The van der Waals surface area contributed by atoms with Gasteiger partial charge in [0.2, 0.25) is 0 Å². The first-order chi connectivity index (χ1) is 5.28. The van der Waals surface area contributed by atoms with E-state index in [4.69, 9.17) is 22.4 Å². The van der Waals surface area contributed by atoms with E-state index in [9.17, 15) is 0 Å². The average molecular weight is 204 g/mol. The Kier molecular flexibility index (Phi) is 7.76. The molecule has 0 saturated carbocycles. The summed E-state index contributed by atoms with van der Waals surface area (Å²) in [4.78, 5) is 0. The third-order valence-electron chi connectivity index (χ3n) is 0.730. The molecule has 0 aromatic heterocycles. The van der Waals surface area contributed by atoms with Crippen molar-refractivity contribution in [3.8, 4) is 0 Å². The van der Waals surface area contributed by atoms with E-state index in [-0.39, 0.29) is 2.85 Å². The molecule has 0 amide bonds. The van der Waals surface area contributed by atoms with Crippen molar-refractivity contribution >= 4 is 17.2 Å². The summed E-state index contributed by atoms with van der Waals surface area (Å²) < 4.78 is 24.3. The van der Waals surface area contributed by atoms with E-state index < -0.39 is 17.2 Å². The van der Waals surface area contributed by atoms with E-state index in [0.717, 1.165) is 0 Å². The first-order valence-electron chi connectivity index (χ1n) is 2.73. The molecule has 0 radical (unpaired) electrons. The van der Waals surface area contributed by atoms with Gasteiger partial charge in [-0.3, -0.25) is 0 Å². The van der Waals surface area contributed by atoms with Gasteiger partial charge >= 0.3 is 20.1 Å². The molecule has 0 saturated heterocycles. The van der Waals surface area contributed by atoms with Gasteiger partial charge in [0.05, 0.1) is 0 Å². The molecule has 0 heterocycles. The topological polar surface area (TPSA) is 46.2 Å². The van der Waals surface area contributed by atoms with Crippen LogP contribution in [0, 0.1) is 0 Å². The molecular formula is C4H14O5P2+2. The Labute approximate surface area is 71.9 Å². The van der Waals surface area contributed by atoms with Crippen molar-refractivity contribution < 1.29 is 25.3 Å². The molecule has 0 N–H and O–H groups in total. The van der Waals surface area contributed by atoms with Crippen molar-refractivity contribution in [1.29, 1.82) is 0 Å². The van der Waals surface area contributed by atoms with Crippen LogP contribution in [0.15, 0.2) is 0 Å². The first-order valence-corrected chi connectivity index (χ1v) is 4.92. The molecule has 68 valence electrons.